The van der Waals surface area contributed by atoms with Gasteiger partial charge in [0.15, 0.2) is 23.1 Å². The fourth-order valence-electron chi connectivity index (χ4n) is 2.72. The lowest BCUT2D eigenvalue weighted by Crippen LogP contribution is -1.99. The van der Waals surface area contributed by atoms with Gasteiger partial charge in [0.1, 0.15) is 0 Å². The van der Waals surface area contributed by atoms with E-state index in [2.05, 4.69) is 9.97 Å². The van der Waals surface area contributed by atoms with E-state index in [9.17, 15) is 4.79 Å². The monoisotopic (exact) mass is 376 g/mol. The van der Waals surface area contributed by atoms with Crippen molar-refractivity contribution in [1.29, 1.82) is 0 Å². The zero-order valence-corrected chi connectivity index (χ0v) is 15.6. The van der Waals surface area contributed by atoms with Gasteiger partial charge in [0.25, 0.3) is 0 Å². The Morgan fingerprint density at radius 1 is 1.04 bits per heavy atom. The highest BCUT2D eigenvalue weighted by molar-refractivity contribution is 7.08. The highest BCUT2D eigenvalue weighted by Gasteiger charge is 2.15. The first-order valence-corrected chi connectivity index (χ1v) is 9.26. The molecule has 4 aromatic rings. The number of ketones is 1. The molecule has 0 fully saturated rings. The normalized spacial score (nSPS) is 10.7. The van der Waals surface area contributed by atoms with Crippen molar-refractivity contribution in [2.24, 2.45) is 0 Å². The standard InChI is InChI=1S/C21H16N2O3S/c1-13(24)14-7-8-18(19(11-14)25-2)26-21-16-5-3-4-6-17(16)22-20(23-21)15-9-10-27-12-15/h3-12H,1-2H3. The molecule has 5 nitrogen and oxygen atoms in total. The number of ether oxygens (including phenoxy) is 2. The first kappa shape index (κ1) is 17.2. The minimum Gasteiger partial charge on any atom is -0.493 e. The largest absolute Gasteiger partial charge is 0.493 e. The molecule has 0 aliphatic carbocycles. The summed E-state index contributed by atoms with van der Waals surface area (Å²) in [5.74, 6) is 1.97. The number of rotatable bonds is 5. The first-order chi connectivity index (χ1) is 13.2. The van der Waals surface area contributed by atoms with E-state index in [1.165, 1.54) is 6.92 Å². The lowest BCUT2D eigenvalue weighted by atomic mass is 10.1. The van der Waals surface area contributed by atoms with Crippen molar-refractivity contribution in [3.05, 3.63) is 64.9 Å². The molecule has 0 amide bonds. The summed E-state index contributed by atoms with van der Waals surface area (Å²) in [5, 5.41) is 4.78. The molecule has 0 saturated carbocycles. The van der Waals surface area contributed by atoms with E-state index in [1.54, 1.807) is 36.6 Å². The minimum absolute atomic E-state index is 0.0351. The summed E-state index contributed by atoms with van der Waals surface area (Å²) in [7, 11) is 1.54. The number of hydrogen-bond acceptors (Lipinski definition) is 6. The van der Waals surface area contributed by atoms with Crippen LogP contribution in [-0.4, -0.2) is 22.9 Å². The quantitative estimate of drug-likeness (QED) is 0.439. The molecule has 2 aromatic carbocycles. The summed E-state index contributed by atoms with van der Waals surface area (Å²) in [5.41, 5.74) is 2.29. The summed E-state index contributed by atoms with van der Waals surface area (Å²) in [4.78, 5) is 20.9. The average Bonchev–Trinajstić information content (AvgIpc) is 3.23. The van der Waals surface area contributed by atoms with Crippen molar-refractivity contribution in [3.8, 4) is 28.8 Å². The van der Waals surface area contributed by atoms with Crippen molar-refractivity contribution in [2.45, 2.75) is 6.92 Å². The van der Waals surface area contributed by atoms with Gasteiger partial charge in [0, 0.05) is 16.5 Å². The van der Waals surface area contributed by atoms with Crippen LogP contribution in [0.4, 0.5) is 0 Å². The molecule has 4 rings (SSSR count). The number of nitrogens with zero attached hydrogens (tertiary/aromatic N) is 2. The number of fused-ring (bicyclic) bond motifs is 1. The second-order valence-corrected chi connectivity index (χ2v) is 6.69. The first-order valence-electron chi connectivity index (χ1n) is 8.32. The molecule has 134 valence electrons. The predicted octanol–water partition coefficient (Wildman–Crippen LogP) is 5.36. The Kier molecular flexibility index (Phi) is 4.56. The highest BCUT2D eigenvalue weighted by Crippen LogP contribution is 2.35. The number of para-hydroxylation sites is 1. The van der Waals surface area contributed by atoms with Crippen molar-refractivity contribution in [3.63, 3.8) is 0 Å². The molecule has 0 saturated heterocycles. The van der Waals surface area contributed by atoms with Crippen LogP contribution in [0.3, 0.4) is 0 Å². The molecule has 6 heteroatoms. The van der Waals surface area contributed by atoms with E-state index in [-0.39, 0.29) is 5.78 Å². The zero-order valence-electron chi connectivity index (χ0n) is 14.8. The Morgan fingerprint density at radius 2 is 1.89 bits per heavy atom. The number of carbonyl (C=O) groups excluding carboxylic acids is 1. The summed E-state index contributed by atoms with van der Waals surface area (Å²) in [6, 6.07) is 14.8. The van der Waals surface area contributed by atoms with Crippen molar-refractivity contribution < 1.29 is 14.3 Å². The summed E-state index contributed by atoms with van der Waals surface area (Å²) in [6.45, 7) is 1.51. The number of thiophene rings is 1. The second kappa shape index (κ2) is 7.17. The van der Waals surface area contributed by atoms with E-state index in [1.807, 2.05) is 41.1 Å². The maximum Gasteiger partial charge on any atom is 0.230 e. The predicted molar refractivity (Wildman–Crippen MR) is 106 cm³/mol. The van der Waals surface area contributed by atoms with Gasteiger partial charge in [-0.3, -0.25) is 4.79 Å². The number of Topliss-reactive ketones (excluding diaryl/α,β-unsaturated/α-hetero) is 1. The second-order valence-electron chi connectivity index (χ2n) is 5.91. The lowest BCUT2D eigenvalue weighted by Gasteiger charge is -2.13. The van der Waals surface area contributed by atoms with Gasteiger partial charge in [0.2, 0.25) is 5.88 Å². The highest BCUT2D eigenvalue weighted by atomic mass is 32.1. The minimum atomic E-state index is -0.0351. The maximum absolute atomic E-state index is 11.6. The molecule has 0 aliphatic heterocycles. The smallest absolute Gasteiger partial charge is 0.230 e. The number of aromatic nitrogens is 2. The van der Waals surface area contributed by atoms with Crippen molar-refractivity contribution >= 4 is 28.0 Å². The van der Waals surface area contributed by atoms with E-state index < -0.39 is 0 Å². The molecule has 0 aliphatic rings. The SMILES string of the molecule is COc1cc(C(C)=O)ccc1Oc1nc(-c2ccsc2)nc2ccccc12. The molecular formula is C21H16N2O3S. The third-order valence-corrected chi connectivity index (χ3v) is 4.81. The fourth-order valence-corrected chi connectivity index (χ4v) is 3.36. The van der Waals surface area contributed by atoms with Crippen LogP contribution in [0.25, 0.3) is 22.3 Å². The van der Waals surface area contributed by atoms with Gasteiger partial charge < -0.3 is 9.47 Å². The van der Waals surface area contributed by atoms with Crippen LogP contribution in [0.2, 0.25) is 0 Å². The van der Waals surface area contributed by atoms with E-state index in [0.717, 1.165) is 16.5 Å². The molecule has 0 N–H and O–H groups in total. The van der Waals surface area contributed by atoms with Gasteiger partial charge >= 0.3 is 0 Å². The number of carbonyl (C=O) groups is 1. The molecule has 27 heavy (non-hydrogen) atoms. The molecule has 0 radical (unpaired) electrons. The molecule has 0 bridgehead atoms. The average molecular weight is 376 g/mol. The number of hydrogen-bond donors (Lipinski definition) is 0. The Bertz CT molecular complexity index is 1120. The van der Waals surface area contributed by atoms with Crippen LogP contribution in [0, 0.1) is 0 Å². The van der Waals surface area contributed by atoms with Crippen molar-refractivity contribution in [1.82, 2.24) is 9.97 Å². The lowest BCUT2D eigenvalue weighted by molar-refractivity contribution is 0.101. The van der Waals surface area contributed by atoms with Gasteiger partial charge in [-0.15, -0.1) is 0 Å². The van der Waals surface area contributed by atoms with Crippen LogP contribution in [-0.2, 0) is 0 Å². The molecule has 2 heterocycles. The maximum atomic E-state index is 11.6. The Hall–Kier alpha value is -3.25. The summed E-state index contributed by atoms with van der Waals surface area (Å²) < 4.78 is 11.5. The molecule has 0 atom stereocenters. The molecular weight excluding hydrogens is 360 g/mol. The van der Waals surface area contributed by atoms with Crippen LogP contribution < -0.4 is 9.47 Å². The Morgan fingerprint density at radius 3 is 2.63 bits per heavy atom. The Labute approximate surface area is 160 Å². The molecule has 2 aromatic heterocycles. The molecule has 0 unspecified atom stereocenters. The van der Waals surface area contributed by atoms with Crippen LogP contribution in [0.1, 0.15) is 17.3 Å². The van der Waals surface area contributed by atoms with Gasteiger partial charge in [-0.25, -0.2) is 4.98 Å². The number of methoxy groups -OCH3 is 1. The van der Waals surface area contributed by atoms with Gasteiger partial charge in [-0.2, -0.15) is 16.3 Å². The van der Waals surface area contributed by atoms with E-state index >= 15 is 0 Å². The molecule has 0 spiro atoms. The van der Waals surface area contributed by atoms with Gasteiger partial charge in [-0.05, 0) is 48.7 Å². The van der Waals surface area contributed by atoms with Crippen LogP contribution >= 0.6 is 11.3 Å². The zero-order chi connectivity index (χ0) is 18.8. The Balaban J connectivity index is 1.83. The summed E-state index contributed by atoms with van der Waals surface area (Å²) >= 11 is 1.59. The van der Waals surface area contributed by atoms with Gasteiger partial charge in [-0.1, -0.05) is 12.1 Å². The fraction of sp³-hybridized carbons (Fsp3) is 0.0952. The van der Waals surface area contributed by atoms with E-state index in [0.29, 0.717) is 28.8 Å². The number of benzene rings is 2. The third-order valence-electron chi connectivity index (χ3n) is 4.12. The topological polar surface area (TPSA) is 61.3 Å². The third kappa shape index (κ3) is 3.39. The van der Waals surface area contributed by atoms with Crippen LogP contribution in [0.15, 0.2) is 59.3 Å². The van der Waals surface area contributed by atoms with Gasteiger partial charge in [0.05, 0.1) is 18.0 Å². The summed E-state index contributed by atoms with van der Waals surface area (Å²) in [6.07, 6.45) is 0. The van der Waals surface area contributed by atoms with Crippen molar-refractivity contribution in [2.75, 3.05) is 7.11 Å². The van der Waals surface area contributed by atoms with E-state index in [4.69, 9.17) is 9.47 Å². The van der Waals surface area contributed by atoms with Crippen LogP contribution in [0.5, 0.6) is 17.4 Å².